The van der Waals surface area contributed by atoms with E-state index in [1.54, 1.807) is 6.20 Å². The van der Waals surface area contributed by atoms with Gasteiger partial charge in [-0.05, 0) is 23.8 Å². The fourth-order valence-electron chi connectivity index (χ4n) is 2.43. The molecule has 0 aliphatic heterocycles. The summed E-state index contributed by atoms with van der Waals surface area (Å²) in [4.78, 5) is 10.8. The van der Waals surface area contributed by atoms with E-state index in [2.05, 4.69) is 14.9 Å². The first-order chi connectivity index (χ1) is 10.7. The Labute approximate surface area is 133 Å². The second kappa shape index (κ2) is 6.87. The first-order valence-corrected chi connectivity index (χ1v) is 7.47. The molecule has 0 fully saturated rings. The number of aliphatic hydroxyl groups excluding tert-OH is 1. The van der Waals surface area contributed by atoms with Gasteiger partial charge in [-0.15, -0.1) is 0 Å². The molecular weight excluding hydrogens is 300 g/mol. The number of hydrogen-bond acceptors (Lipinski definition) is 4. The van der Waals surface area contributed by atoms with Crippen molar-refractivity contribution in [2.24, 2.45) is 0 Å². The SMILES string of the molecule is OCCN(Cc1cccnc1)Cc1cn2cc(Cl)ccc2n1. The lowest BCUT2D eigenvalue weighted by molar-refractivity contribution is 0.183. The number of hydrogen-bond donors (Lipinski definition) is 1. The highest BCUT2D eigenvalue weighted by Crippen LogP contribution is 2.14. The highest BCUT2D eigenvalue weighted by atomic mass is 35.5. The third-order valence-electron chi connectivity index (χ3n) is 3.40. The van der Waals surface area contributed by atoms with E-state index in [1.165, 1.54) is 0 Å². The quantitative estimate of drug-likeness (QED) is 0.758. The van der Waals surface area contributed by atoms with Gasteiger partial charge in [0.2, 0.25) is 0 Å². The van der Waals surface area contributed by atoms with Crippen LogP contribution in [0.4, 0.5) is 0 Å². The van der Waals surface area contributed by atoms with Gasteiger partial charge in [-0.2, -0.15) is 0 Å². The Morgan fingerprint density at radius 3 is 2.86 bits per heavy atom. The van der Waals surface area contributed by atoms with E-state index in [1.807, 2.05) is 47.3 Å². The van der Waals surface area contributed by atoms with Crippen LogP contribution in [0.5, 0.6) is 0 Å². The van der Waals surface area contributed by atoms with Crippen molar-refractivity contribution in [3.05, 3.63) is 65.3 Å². The molecule has 3 aromatic rings. The Hall–Kier alpha value is -1.95. The Bertz CT molecular complexity index is 744. The van der Waals surface area contributed by atoms with Gasteiger partial charge in [0, 0.05) is 44.4 Å². The lowest BCUT2D eigenvalue weighted by atomic mass is 10.2. The lowest BCUT2D eigenvalue weighted by Gasteiger charge is -2.19. The monoisotopic (exact) mass is 316 g/mol. The third-order valence-corrected chi connectivity index (χ3v) is 3.62. The van der Waals surface area contributed by atoms with Gasteiger partial charge in [0.15, 0.2) is 0 Å². The van der Waals surface area contributed by atoms with E-state index >= 15 is 0 Å². The molecule has 0 aromatic carbocycles. The highest BCUT2D eigenvalue weighted by molar-refractivity contribution is 6.30. The maximum Gasteiger partial charge on any atom is 0.137 e. The fourth-order valence-corrected chi connectivity index (χ4v) is 2.60. The molecular formula is C16H17ClN4O. The van der Waals surface area contributed by atoms with Crippen molar-refractivity contribution in [2.45, 2.75) is 13.1 Å². The first kappa shape index (κ1) is 15.0. The summed E-state index contributed by atoms with van der Waals surface area (Å²) in [7, 11) is 0. The van der Waals surface area contributed by atoms with E-state index in [0.717, 1.165) is 23.4 Å². The molecule has 0 unspecified atom stereocenters. The second-order valence-electron chi connectivity index (χ2n) is 5.14. The van der Waals surface area contributed by atoms with Crippen LogP contribution in [0.2, 0.25) is 5.02 Å². The predicted octanol–water partition coefficient (Wildman–Crippen LogP) is 2.38. The number of fused-ring (bicyclic) bond motifs is 1. The minimum Gasteiger partial charge on any atom is -0.395 e. The normalized spacial score (nSPS) is 11.4. The largest absolute Gasteiger partial charge is 0.395 e. The van der Waals surface area contributed by atoms with Gasteiger partial charge in [0.05, 0.1) is 17.3 Å². The van der Waals surface area contributed by atoms with E-state index in [9.17, 15) is 5.11 Å². The average molecular weight is 317 g/mol. The molecule has 0 bridgehead atoms. The molecule has 22 heavy (non-hydrogen) atoms. The van der Waals surface area contributed by atoms with Crippen molar-refractivity contribution < 1.29 is 5.11 Å². The van der Waals surface area contributed by atoms with Crippen molar-refractivity contribution in [1.82, 2.24) is 19.3 Å². The molecule has 0 aliphatic rings. The first-order valence-electron chi connectivity index (χ1n) is 7.10. The summed E-state index contributed by atoms with van der Waals surface area (Å²) < 4.78 is 1.92. The standard InChI is InChI=1S/C16H17ClN4O/c17-14-3-4-16-19-15(12-21(16)10-14)11-20(6-7-22)9-13-2-1-5-18-8-13/h1-5,8,10,12,22H,6-7,9,11H2. The average Bonchev–Trinajstić information content (AvgIpc) is 2.90. The Morgan fingerprint density at radius 1 is 1.18 bits per heavy atom. The fraction of sp³-hybridized carbons (Fsp3) is 0.250. The van der Waals surface area contributed by atoms with Gasteiger partial charge in [-0.25, -0.2) is 4.98 Å². The number of pyridine rings is 2. The molecule has 0 saturated heterocycles. The number of nitrogens with zero attached hydrogens (tertiary/aromatic N) is 4. The van der Waals surface area contributed by atoms with Gasteiger partial charge in [-0.3, -0.25) is 9.88 Å². The Balaban J connectivity index is 1.76. The van der Waals surface area contributed by atoms with Crippen LogP contribution in [-0.4, -0.2) is 37.5 Å². The number of rotatable bonds is 6. The van der Waals surface area contributed by atoms with E-state index in [-0.39, 0.29) is 6.61 Å². The molecule has 0 amide bonds. The molecule has 5 nitrogen and oxygen atoms in total. The van der Waals surface area contributed by atoms with Crippen LogP contribution in [-0.2, 0) is 13.1 Å². The number of aromatic nitrogens is 3. The maximum atomic E-state index is 9.27. The molecule has 3 heterocycles. The second-order valence-corrected chi connectivity index (χ2v) is 5.58. The maximum absolute atomic E-state index is 9.27. The minimum atomic E-state index is 0.111. The summed E-state index contributed by atoms with van der Waals surface area (Å²) >= 11 is 5.99. The van der Waals surface area contributed by atoms with Crippen LogP contribution in [0.3, 0.4) is 0 Å². The van der Waals surface area contributed by atoms with Crippen molar-refractivity contribution in [2.75, 3.05) is 13.2 Å². The zero-order valence-electron chi connectivity index (χ0n) is 12.1. The molecule has 3 aromatic heterocycles. The van der Waals surface area contributed by atoms with Crippen molar-refractivity contribution >= 4 is 17.2 Å². The molecule has 0 saturated carbocycles. The lowest BCUT2D eigenvalue weighted by Crippen LogP contribution is -2.26. The molecule has 1 N–H and O–H groups in total. The van der Waals surface area contributed by atoms with Crippen molar-refractivity contribution in [3.63, 3.8) is 0 Å². The van der Waals surface area contributed by atoms with Gasteiger partial charge in [0.25, 0.3) is 0 Å². The number of aliphatic hydroxyl groups is 1. The molecule has 0 aliphatic carbocycles. The summed E-state index contributed by atoms with van der Waals surface area (Å²) in [5.41, 5.74) is 2.92. The van der Waals surface area contributed by atoms with Gasteiger partial charge in [-0.1, -0.05) is 17.7 Å². The molecule has 3 rings (SSSR count). The minimum absolute atomic E-state index is 0.111. The van der Waals surface area contributed by atoms with Gasteiger partial charge >= 0.3 is 0 Å². The van der Waals surface area contributed by atoms with Crippen LogP contribution in [0.1, 0.15) is 11.3 Å². The summed E-state index contributed by atoms with van der Waals surface area (Å²) in [6.45, 7) is 2.08. The molecule has 0 radical (unpaired) electrons. The zero-order valence-corrected chi connectivity index (χ0v) is 12.8. The molecule has 6 heteroatoms. The van der Waals surface area contributed by atoms with Crippen LogP contribution < -0.4 is 0 Å². The van der Waals surface area contributed by atoms with Gasteiger partial charge in [0.1, 0.15) is 5.65 Å². The van der Waals surface area contributed by atoms with Crippen molar-refractivity contribution in [1.29, 1.82) is 0 Å². The van der Waals surface area contributed by atoms with Crippen LogP contribution in [0, 0.1) is 0 Å². The molecule has 114 valence electrons. The third kappa shape index (κ3) is 3.62. The summed E-state index contributed by atoms with van der Waals surface area (Å²) in [6, 6.07) is 7.67. The highest BCUT2D eigenvalue weighted by Gasteiger charge is 2.10. The van der Waals surface area contributed by atoms with Gasteiger partial charge < -0.3 is 9.51 Å². The van der Waals surface area contributed by atoms with Crippen LogP contribution in [0.15, 0.2) is 49.1 Å². The van der Waals surface area contributed by atoms with E-state index in [4.69, 9.17) is 11.6 Å². The zero-order chi connectivity index (χ0) is 15.4. The molecule has 0 spiro atoms. The van der Waals surface area contributed by atoms with Crippen molar-refractivity contribution in [3.8, 4) is 0 Å². The number of imidazole rings is 1. The van der Waals surface area contributed by atoms with E-state index in [0.29, 0.717) is 18.1 Å². The molecule has 0 atom stereocenters. The van der Waals surface area contributed by atoms with Crippen LogP contribution in [0.25, 0.3) is 5.65 Å². The topological polar surface area (TPSA) is 53.7 Å². The summed E-state index contributed by atoms with van der Waals surface area (Å²) in [6.07, 6.45) is 7.40. The Morgan fingerprint density at radius 2 is 2.09 bits per heavy atom. The Kier molecular flexibility index (Phi) is 4.68. The smallest absolute Gasteiger partial charge is 0.137 e. The summed E-state index contributed by atoms with van der Waals surface area (Å²) in [5, 5.41) is 9.95. The van der Waals surface area contributed by atoms with Crippen LogP contribution >= 0.6 is 11.6 Å². The van der Waals surface area contributed by atoms with E-state index < -0.39 is 0 Å². The summed E-state index contributed by atoms with van der Waals surface area (Å²) in [5.74, 6) is 0. The predicted molar refractivity (Wildman–Crippen MR) is 85.6 cm³/mol. The number of halogens is 1.